The van der Waals surface area contributed by atoms with Gasteiger partial charge in [0.1, 0.15) is 0 Å². The standard InChI is InChI=1S/C22H40O4/c1-17(2)9-7-5-6-8-15-25-21(23)19-10-12-20(13-11-19)22(24)26-16-14-18(3)4/h17-20H,5-16H2,1-4H3. The second-order valence-electron chi connectivity index (χ2n) is 8.66. The first-order valence-electron chi connectivity index (χ1n) is 10.7. The van der Waals surface area contributed by atoms with E-state index in [2.05, 4.69) is 27.7 Å². The number of hydrogen-bond donors (Lipinski definition) is 0. The van der Waals surface area contributed by atoms with Crippen LogP contribution in [0.25, 0.3) is 0 Å². The number of hydrogen-bond acceptors (Lipinski definition) is 4. The number of esters is 2. The Kier molecular flexibility index (Phi) is 11.6. The zero-order chi connectivity index (χ0) is 19.4. The smallest absolute Gasteiger partial charge is 0.308 e. The molecule has 0 aromatic rings. The molecule has 0 aromatic heterocycles. The first-order valence-corrected chi connectivity index (χ1v) is 10.7. The van der Waals surface area contributed by atoms with Gasteiger partial charge in [0, 0.05) is 0 Å². The van der Waals surface area contributed by atoms with Crippen LogP contribution in [0.1, 0.15) is 91.9 Å². The molecule has 152 valence electrons. The lowest BCUT2D eigenvalue weighted by atomic mass is 9.82. The highest BCUT2D eigenvalue weighted by Crippen LogP contribution is 2.30. The summed E-state index contributed by atoms with van der Waals surface area (Å²) in [5.41, 5.74) is 0. The van der Waals surface area contributed by atoms with Gasteiger partial charge in [-0.25, -0.2) is 0 Å². The summed E-state index contributed by atoms with van der Waals surface area (Å²) in [6.45, 7) is 9.80. The molecule has 1 rings (SSSR count). The van der Waals surface area contributed by atoms with Gasteiger partial charge >= 0.3 is 11.9 Å². The lowest BCUT2D eigenvalue weighted by molar-refractivity contribution is -0.155. The zero-order valence-electron chi connectivity index (χ0n) is 17.4. The number of rotatable bonds is 12. The Morgan fingerprint density at radius 3 is 1.65 bits per heavy atom. The highest BCUT2D eigenvalue weighted by Gasteiger charge is 2.31. The molecule has 0 saturated heterocycles. The van der Waals surface area contributed by atoms with Gasteiger partial charge in [0.2, 0.25) is 0 Å². The van der Waals surface area contributed by atoms with Crippen LogP contribution in [0.4, 0.5) is 0 Å². The van der Waals surface area contributed by atoms with Crippen LogP contribution in [0.2, 0.25) is 0 Å². The Labute approximate surface area is 160 Å². The second kappa shape index (κ2) is 13.2. The van der Waals surface area contributed by atoms with E-state index < -0.39 is 0 Å². The molecule has 0 bridgehead atoms. The lowest BCUT2D eigenvalue weighted by Crippen LogP contribution is -2.28. The first-order chi connectivity index (χ1) is 12.4. The molecule has 1 saturated carbocycles. The fourth-order valence-corrected chi connectivity index (χ4v) is 3.38. The fourth-order valence-electron chi connectivity index (χ4n) is 3.38. The Morgan fingerprint density at radius 1 is 0.692 bits per heavy atom. The van der Waals surface area contributed by atoms with Gasteiger partial charge in [0.25, 0.3) is 0 Å². The van der Waals surface area contributed by atoms with Gasteiger partial charge in [-0.05, 0) is 50.4 Å². The molecule has 1 aliphatic carbocycles. The Hall–Kier alpha value is -1.06. The van der Waals surface area contributed by atoms with Crippen molar-refractivity contribution in [2.75, 3.05) is 13.2 Å². The highest BCUT2D eigenvalue weighted by atomic mass is 16.5. The maximum absolute atomic E-state index is 12.2. The second-order valence-corrected chi connectivity index (χ2v) is 8.66. The monoisotopic (exact) mass is 368 g/mol. The molecule has 4 nitrogen and oxygen atoms in total. The molecule has 0 unspecified atom stereocenters. The van der Waals surface area contributed by atoms with Gasteiger partial charge in [-0.2, -0.15) is 0 Å². The molecule has 0 amide bonds. The van der Waals surface area contributed by atoms with Crippen LogP contribution < -0.4 is 0 Å². The molecule has 4 heteroatoms. The summed E-state index contributed by atoms with van der Waals surface area (Å²) >= 11 is 0. The summed E-state index contributed by atoms with van der Waals surface area (Å²) in [6.07, 6.45) is 9.76. The van der Waals surface area contributed by atoms with E-state index >= 15 is 0 Å². The van der Waals surface area contributed by atoms with E-state index in [4.69, 9.17) is 9.47 Å². The van der Waals surface area contributed by atoms with Crippen LogP contribution in [-0.2, 0) is 19.1 Å². The van der Waals surface area contributed by atoms with Crippen LogP contribution in [-0.4, -0.2) is 25.2 Å². The van der Waals surface area contributed by atoms with Crippen molar-refractivity contribution in [1.29, 1.82) is 0 Å². The molecule has 0 atom stereocenters. The van der Waals surface area contributed by atoms with E-state index in [1.54, 1.807) is 0 Å². The van der Waals surface area contributed by atoms with Crippen molar-refractivity contribution < 1.29 is 19.1 Å². The average Bonchev–Trinajstić information content (AvgIpc) is 2.60. The van der Waals surface area contributed by atoms with E-state index in [9.17, 15) is 9.59 Å². The number of carbonyl (C=O) groups excluding carboxylic acids is 2. The summed E-state index contributed by atoms with van der Waals surface area (Å²) in [5, 5.41) is 0. The summed E-state index contributed by atoms with van der Waals surface area (Å²) in [7, 11) is 0. The number of carbonyl (C=O) groups is 2. The highest BCUT2D eigenvalue weighted by molar-refractivity contribution is 5.75. The Morgan fingerprint density at radius 2 is 1.15 bits per heavy atom. The van der Waals surface area contributed by atoms with Crippen LogP contribution in [0.3, 0.4) is 0 Å². The minimum absolute atomic E-state index is 0.0318. The fraction of sp³-hybridized carbons (Fsp3) is 0.909. The topological polar surface area (TPSA) is 52.6 Å². The lowest BCUT2D eigenvalue weighted by Gasteiger charge is -2.26. The molecule has 0 N–H and O–H groups in total. The quantitative estimate of drug-likeness (QED) is 0.335. The molecule has 0 aliphatic heterocycles. The minimum Gasteiger partial charge on any atom is -0.465 e. The van der Waals surface area contributed by atoms with E-state index in [1.807, 2.05) is 0 Å². The molecule has 1 fully saturated rings. The summed E-state index contributed by atoms with van der Waals surface area (Å²) < 4.78 is 10.8. The van der Waals surface area contributed by atoms with Crippen molar-refractivity contribution in [3.8, 4) is 0 Å². The Bertz CT molecular complexity index is 395. The third-order valence-electron chi connectivity index (χ3n) is 5.25. The third kappa shape index (κ3) is 10.2. The van der Waals surface area contributed by atoms with Gasteiger partial charge in [-0.3, -0.25) is 9.59 Å². The minimum atomic E-state index is -0.0844. The van der Waals surface area contributed by atoms with Crippen LogP contribution in [0, 0.1) is 23.7 Å². The maximum Gasteiger partial charge on any atom is 0.308 e. The predicted molar refractivity (Wildman–Crippen MR) is 105 cm³/mol. The third-order valence-corrected chi connectivity index (χ3v) is 5.25. The van der Waals surface area contributed by atoms with Crippen molar-refractivity contribution in [2.24, 2.45) is 23.7 Å². The molecule has 0 spiro atoms. The molecule has 1 aliphatic rings. The SMILES string of the molecule is CC(C)CCCCCCOC(=O)C1CCC(C(=O)OCCC(C)C)CC1. The average molecular weight is 369 g/mol. The van der Waals surface area contributed by atoms with E-state index in [0.29, 0.717) is 19.1 Å². The zero-order valence-corrected chi connectivity index (χ0v) is 17.4. The number of unbranched alkanes of at least 4 members (excludes halogenated alkanes) is 3. The summed E-state index contributed by atoms with van der Waals surface area (Å²) in [4.78, 5) is 24.2. The predicted octanol–water partition coefficient (Wildman–Crippen LogP) is 5.53. The van der Waals surface area contributed by atoms with Gasteiger partial charge in [-0.1, -0.05) is 53.4 Å². The van der Waals surface area contributed by atoms with Gasteiger partial charge in [0.15, 0.2) is 0 Å². The Balaban J connectivity index is 2.09. The molecule has 0 heterocycles. The van der Waals surface area contributed by atoms with E-state index in [0.717, 1.165) is 50.9 Å². The van der Waals surface area contributed by atoms with Crippen LogP contribution in [0.5, 0.6) is 0 Å². The molecule has 0 aromatic carbocycles. The first kappa shape index (κ1) is 23.0. The molecule has 26 heavy (non-hydrogen) atoms. The van der Waals surface area contributed by atoms with Gasteiger partial charge in [0.05, 0.1) is 25.0 Å². The summed E-state index contributed by atoms with van der Waals surface area (Å²) in [5.74, 6) is 1.10. The van der Waals surface area contributed by atoms with Crippen molar-refractivity contribution in [2.45, 2.75) is 91.9 Å². The van der Waals surface area contributed by atoms with Gasteiger partial charge in [-0.15, -0.1) is 0 Å². The van der Waals surface area contributed by atoms with Crippen LogP contribution in [0.15, 0.2) is 0 Å². The van der Waals surface area contributed by atoms with Crippen molar-refractivity contribution in [1.82, 2.24) is 0 Å². The van der Waals surface area contributed by atoms with E-state index in [-0.39, 0.29) is 23.8 Å². The van der Waals surface area contributed by atoms with Crippen molar-refractivity contribution in [3.63, 3.8) is 0 Å². The van der Waals surface area contributed by atoms with Gasteiger partial charge < -0.3 is 9.47 Å². The van der Waals surface area contributed by atoms with Crippen LogP contribution >= 0.6 is 0 Å². The summed E-state index contributed by atoms with van der Waals surface area (Å²) in [6, 6.07) is 0. The molecule has 0 radical (unpaired) electrons. The van der Waals surface area contributed by atoms with Crippen molar-refractivity contribution >= 4 is 11.9 Å². The normalized spacial score (nSPS) is 20.4. The number of ether oxygens (including phenoxy) is 2. The molecular formula is C22H40O4. The molecular weight excluding hydrogens is 328 g/mol. The van der Waals surface area contributed by atoms with E-state index in [1.165, 1.54) is 19.3 Å². The van der Waals surface area contributed by atoms with Crippen molar-refractivity contribution in [3.05, 3.63) is 0 Å². The maximum atomic E-state index is 12.2. The largest absolute Gasteiger partial charge is 0.465 e.